The molecule has 2 rings (SSSR count). The Morgan fingerprint density at radius 2 is 2.06 bits per heavy atom. The van der Waals surface area contributed by atoms with E-state index in [0.29, 0.717) is 6.04 Å². The van der Waals surface area contributed by atoms with Crippen molar-refractivity contribution in [2.24, 2.45) is 0 Å². The summed E-state index contributed by atoms with van der Waals surface area (Å²) in [7, 11) is 0. The lowest BCUT2D eigenvalue weighted by Gasteiger charge is -2.13. The summed E-state index contributed by atoms with van der Waals surface area (Å²) in [6.07, 6.45) is 10.4. The van der Waals surface area contributed by atoms with Gasteiger partial charge in [-0.15, -0.1) is 0 Å². The topological polar surface area (TPSA) is 42.7 Å². The number of hydrogen-bond acceptors (Lipinski definition) is 3. The van der Waals surface area contributed by atoms with Crippen molar-refractivity contribution in [2.45, 2.75) is 25.9 Å². The van der Waals surface area contributed by atoms with E-state index >= 15 is 0 Å². The predicted octanol–water partition coefficient (Wildman–Crippen LogP) is 2.02. The summed E-state index contributed by atoms with van der Waals surface area (Å²) in [5.41, 5.74) is 1.28. The van der Waals surface area contributed by atoms with Gasteiger partial charge in [0.25, 0.3) is 0 Å². The van der Waals surface area contributed by atoms with Crippen molar-refractivity contribution in [3.8, 4) is 0 Å². The van der Waals surface area contributed by atoms with Crippen LogP contribution in [0, 0.1) is 0 Å². The molecule has 90 valence electrons. The highest BCUT2D eigenvalue weighted by Gasteiger charge is 2.02. The van der Waals surface area contributed by atoms with E-state index < -0.39 is 0 Å². The number of hydrogen-bond donors (Lipinski definition) is 1. The number of rotatable bonds is 6. The third-order valence-electron chi connectivity index (χ3n) is 2.81. The first kappa shape index (κ1) is 11.8. The number of nitrogens with zero attached hydrogens (tertiary/aromatic N) is 3. The van der Waals surface area contributed by atoms with Crippen LogP contribution in [0.1, 0.15) is 24.9 Å². The first-order valence-electron chi connectivity index (χ1n) is 5.95. The molecule has 2 aromatic heterocycles. The Morgan fingerprint density at radius 3 is 2.76 bits per heavy atom. The fourth-order valence-electron chi connectivity index (χ4n) is 1.77. The van der Waals surface area contributed by atoms with Crippen molar-refractivity contribution in [1.82, 2.24) is 19.9 Å². The zero-order valence-corrected chi connectivity index (χ0v) is 10.1. The van der Waals surface area contributed by atoms with Gasteiger partial charge in [0.15, 0.2) is 0 Å². The number of aromatic nitrogens is 3. The number of nitrogens with one attached hydrogen (secondary N) is 1. The van der Waals surface area contributed by atoms with Crippen LogP contribution in [0.4, 0.5) is 0 Å². The van der Waals surface area contributed by atoms with Gasteiger partial charge in [-0.3, -0.25) is 4.98 Å². The van der Waals surface area contributed by atoms with Gasteiger partial charge in [-0.2, -0.15) is 0 Å². The molecular formula is C13H18N4. The van der Waals surface area contributed by atoms with E-state index in [-0.39, 0.29) is 0 Å². The SMILES string of the molecule is C[C@H](NCCCn1ccnc1)c1ccncc1. The zero-order valence-electron chi connectivity index (χ0n) is 10.1. The molecule has 0 aliphatic carbocycles. The molecule has 2 heterocycles. The maximum atomic E-state index is 4.02. The molecule has 0 aliphatic rings. The molecule has 2 aromatic rings. The van der Waals surface area contributed by atoms with E-state index in [1.807, 2.05) is 43.2 Å². The summed E-state index contributed by atoms with van der Waals surface area (Å²) in [6.45, 7) is 4.18. The number of aryl methyl sites for hydroxylation is 1. The maximum absolute atomic E-state index is 4.02. The Labute approximate surface area is 102 Å². The molecule has 0 aromatic carbocycles. The third-order valence-corrected chi connectivity index (χ3v) is 2.81. The lowest BCUT2D eigenvalue weighted by Crippen LogP contribution is -2.20. The lowest BCUT2D eigenvalue weighted by molar-refractivity contribution is 0.526. The zero-order chi connectivity index (χ0) is 11.9. The van der Waals surface area contributed by atoms with Gasteiger partial charge in [0.2, 0.25) is 0 Å². The van der Waals surface area contributed by atoms with E-state index in [2.05, 4.69) is 26.8 Å². The van der Waals surface area contributed by atoms with Gasteiger partial charge in [0, 0.05) is 37.4 Å². The van der Waals surface area contributed by atoms with E-state index in [0.717, 1.165) is 19.5 Å². The predicted molar refractivity (Wildman–Crippen MR) is 67.5 cm³/mol. The van der Waals surface area contributed by atoms with Crippen molar-refractivity contribution in [3.05, 3.63) is 48.8 Å². The Hall–Kier alpha value is -1.68. The van der Waals surface area contributed by atoms with Crippen LogP contribution in [0.5, 0.6) is 0 Å². The quantitative estimate of drug-likeness (QED) is 0.772. The highest BCUT2D eigenvalue weighted by Crippen LogP contribution is 2.09. The van der Waals surface area contributed by atoms with Crippen LogP contribution in [0.3, 0.4) is 0 Å². The summed E-state index contributed by atoms with van der Waals surface area (Å²) >= 11 is 0. The maximum Gasteiger partial charge on any atom is 0.0945 e. The Kier molecular flexibility index (Phi) is 4.27. The molecule has 0 fully saturated rings. The highest BCUT2D eigenvalue weighted by atomic mass is 15.0. The van der Waals surface area contributed by atoms with Gasteiger partial charge in [-0.05, 0) is 37.6 Å². The first-order valence-corrected chi connectivity index (χ1v) is 5.95. The van der Waals surface area contributed by atoms with E-state index in [1.165, 1.54) is 5.56 Å². The van der Waals surface area contributed by atoms with Crippen LogP contribution in [0.25, 0.3) is 0 Å². The van der Waals surface area contributed by atoms with Crippen molar-refractivity contribution in [3.63, 3.8) is 0 Å². The van der Waals surface area contributed by atoms with Gasteiger partial charge in [-0.1, -0.05) is 0 Å². The summed E-state index contributed by atoms with van der Waals surface area (Å²) in [5.74, 6) is 0. The minimum atomic E-state index is 0.376. The third kappa shape index (κ3) is 3.67. The summed E-state index contributed by atoms with van der Waals surface area (Å²) in [5, 5.41) is 3.50. The molecule has 0 spiro atoms. The van der Waals surface area contributed by atoms with Gasteiger partial charge in [0.05, 0.1) is 6.33 Å². The molecule has 4 heteroatoms. The summed E-state index contributed by atoms with van der Waals surface area (Å²) in [6, 6.07) is 4.47. The monoisotopic (exact) mass is 230 g/mol. The average Bonchev–Trinajstić information content (AvgIpc) is 2.88. The van der Waals surface area contributed by atoms with Crippen molar-refractivity contribution < 1.29 is 0 Å². The Morgan fingerprint density at radius 1 is 1.24 bits per heavy atom. The number of imidazole rings is 1. The average molecular weight is 230 g/mol. The Balaban J connectivity index is 1.68. The second kappa shape index (κ2) is 6.15. The van der Waals surface area contributed by atoms with Crippen LogP contribution in [0.2, 0.25) is 0 Å². The largest absolute Gasteiger partial charge is 0.337 e. The first-order chi connectivity index (χ1) is 8.36. The second-order valence-electron chi connectivity index (χ2n) is 4.11. The molecule has 1 atom stereocenters. The standard InChI is InChI=1S/C13H18N4/c1-12(13-3-6-14-7-4-13)16-5-2-9-17-10-8-15-11-17/h3-4,6-8,10-12,16H,2,5,9H2,1H3/t12-/m0/s1. The minimum absolute atomic E-state index is 0.376. The molecule has 17 heavy (non-hydrogen) atoms. The van der Waals surface area contributed by atoms with Crippen molar-refractivity contribution >= 4 is 0 Å². The van der Waals surface area contributed by atoms with E-state index in [1.54, 1.807) is 0 Å². The normalized spacial score (nSPS) is 12.5. The number of pyridine rings is 1. The molecular weight excluding hydrogens is 212 g/mol. The molecule has 0 saturated heterocycles. The summed E-state index contributed by atoms with van der Waals surface area (Å²) in [4.78, 5) is 8.04. The van der Waals surface area contributed by atoms with Crippen molar-refractivity contribution in [1.29, 1.82) is 0 Å². The van der Waals surface area contributed by atoms with Crippen LogP contribution in [0.15, 0.2) is 43.2 Å². The van der Waals surface area contributed by atoms with Crippen molar-refractivity contribution in [2.75, 3.05) is 6.54 Å². The van der Waals surface area contributed by atoms with Gasteiger partial charge in [-0.25, -0.2) is 4.98 Å². The Bertz CT molecular complexity index is 410. The van der Waals surface area contributed by atoms with Gasteiger partial charge < -0.3 is 9.88 Å². The van der Waals surface area contributed by atoms with E-state index in [9.17, 15) is 0 Å². The molecule has 0 aliphatic heterocycles. The fraction of sp³-hybridized carbons (Fsp3) is 0.385. The highest BCUT2D eigenvalue weighted by molar-refractivity contribution is 5.13. The molecule has 0 amide bonds. The van der Waals surface area contributed by atoms with Crippen LogP contribution >= 0.6 is 0 Å². The fourth-order valence-corrected chi connectivity index (χ4v) is 1.77. The molecule has 0 saturated carbocycles. The molecule has 0 radical (unpaired) electrons. The van der Waals surface area contributed by atoms with E-state index in [4.69, 9.17) is 0 Å². The molecule has 4 nitrogen and oxygen atoms in total. The molecule has 1 N–H and O–H groups in total. The summed E-state index contributed by atoms with van der Waals surface area (Å²) < 4.78 is 2.10. The molecule has 0 unspecified atom stereocenters. The lowest BCUT2D eigenvalue weighted by atomic mass is 10.1. The smallest absolute Gasteiger partial charge is 0.0945 e. The second-order valence-corrected chi connectivity index (χ2v) is 4.11. The minimum Gasteiger partial charge on any atom is -0.337 e. The van der Waals surface area contributed by atoms with Gasteiger partial charge >= 0.3 is 0 Å². The van der Waals surface area contributed by atoms with Gasteiger partial charge in [0.1, 0.15) is 0 Å². The van der Waals surface area contributed by atoms with Crippen LogP contribution in [-0.4, -0.2) is 21.1 Å². The van der Waals surface area contributed by atoms with Crippen LogP contribution in [-0.2, 0) is 6.54 Å². The van der Waals surface area contributed by atoms with Crippen LogP contribution < -0.4 is 5.32 Å². The molecule has 0 bridgehead atoms.